The summed E-state index contributed by atoms with van der Waals surface area (Å²) in [7, 11) is -3.87. The molecule has 0 aliphatic carbocycles. The first-order valence-corrected chi connectivity index (χ1v) is 7.88. The van der Waals surface area contributed by atoms with Crippen molar-refractivity contribution in [3.8, 4) is 0 Å². The molecule has 3 rings (SSSR count). The molecule has 0 fully saturated rings. The topological polar surface area (TPSA) is 96.7 Å². The van der Waals surface area contributed by atoms with Crippen LogP contribution < -0.4 is 4.72 Å². The number of fused-ring (bicyclic) bond motifs is 1. The quantitative estimate of drug-likeness (QED) is 0.799. The Kier molecular flexibility index (Phi) is 3.24. The number of benzene rings is 1. The van der Waals surface area contributed by atoms with Crippen molar-refractivity contribution in [1.82, 2.24) is 9.97 Å². The number of aromatic nitrogens is 2. The van der Waals surface area contributed by atoms with Crippen LogP contribution in [0, 0.1) is 0 Å². The van der Waals surface area contributed by atoms with Crippen molar-refractivity contribution in [3.05, 3.63) is 35.7 Å². The lowest BCUT2D eigenvalue weighted by Gasteiger charge is -2.09. The molecule has 0 atom stereocenters. The van der Waals surface area contributed by atoms with Crippen LogP contribution in [0.15, 0.2) is 44.2 Å². The Labute approximate surface area is 123 Å². The van der Waals surface area contributed by atoms with Crippen molar-refractivity contribution in [2.24, 2.45) is 8.73 Å². The molecule has 20 heavy (non-hydrogen) atoms. The first kappa shape index (κ1) is 13.2. The van der Waals surface area contributed by atoms with Gasteiger partial charge in [-0.1, -0.05) is 17.7 Å². The Hall–Kier alpha value is -1.84. The maximum absolute atomic E-state index is 12.4. The van der Waals surface area contributed by atoms with Crippen LogP contribution in [0.5, 0.6) is 0 Å². The van der Waals surface area contributed by atoms with E-state index in [-0.39, 0.29) is 15.9 Å². The summed E-state index contributed by atoms with van der Waals surface area (Å²) in [4.78, 5) is 7.62. The van der Waals surface area contributed by atoms with Crippen LogP contribution in [0.25, 0.3) is 0 Å². The second-order valence-corrected chi connectivity index (χ2v) is 6.23. The van der Waals surface area contributed by atoms with Gasteiger partial charge in [0, 0.05) is 12.4 Å². The molecule has 0 spiro atoms. The first-order chi connectivity index (χ1) is 9.58. The van der Waals surface area contributed by atoms with E-state index in [4.69, 9.17) is 11.6 Å². The van der Waals surface area contributed by atoms with Gasteiger partial charge < -0.3 is 0 Å². The minimum Gasteiger partial charge on any atom is -0.261 e. The molecule has 10 heteroatoms. The highest BCUT2D eigenvalue weighted by Gasteiger charge is 2.23. The molecule has 0 amide bonds. The van der Waals surface area contributed by atoms with Gasteiger partial charge in [0.15, 0.2) is 11.0 Å². The molecule has 7 nitrogen and oxygen atoms in total. The fraction of sp³-hybridized carbons (Fsp3) is 0. The minimum atomic E-state index is -3.87. The van der Waals surface area contributed by atoms with Gasteiger partial charge >= 0.3 is 0 Å². The largest absolute Gasteiger partial charge is 0.265 e. The molecular formula is C10H6ClN5O2S2. The molecule has 1 aromatic carbocycles. The molecule has 1 N–H and O–H groups in total. The third-order valence-electron chi connectivity index (χ3n) is 2.42. The van der Waals surface area contributed by atoms with Crippen LogP contribution in [0.3, 0.4) is 0 Å². The van der Waals surface area contributed by atoms with E-state index in [0.29, 0.717) is 11.4 Å². The van der Waals surface area contributed by atoms with E-state index >= 15 is 0 Å². The lowest BCUT2D eigenvalue weighted by Crippen LogP contribution is -2.14. The van der Waals surface area contributed by atoms with Gasteiger partial charge in [0.25, 0.3) is 10.0 Å². The SMILES string of the molecule is O=S(=O)(Nc1nccnc1Cl)c1cccc2c1N=S=N2. The number of sulfonamides is 1. The summed E-state index contributed by atoms with van der Waals surface area (Å²) in [6.45, 7) is 0. The maximum atomic E-state index is 12.4. The zero-order valence-corrected chi connectivity index (χ0v) is 12.1. The molecule has 0 unspecified atom stereocenters. The van der Waals surface area contributed by atoms with Gasteiger partial charge in [-0.2, -0.15) is 8.73 Å². The Morgan fingerprint density at radius 1 is 1.15 bits per heavy atom. The van der Waals surface area contributed by atoms with E-state index in [2.05, 4.69) is 23.4 Å². The summed E-state index contributed by atoms with van der Waals surface area (Å²) >= 11 is 6.73. The molecular weight excluding hydrogens is 322 g/mol. The van der Waals surface area contributed by atoms with Crippen molar-refractivity contribution in [1.29, 1.82) is 0 Å². The van der Waals surface area contributed by atoms with Crippen LogP contribution in [0.1, 0.15) is 0 Å². The van der Waals surface area contributed by atoms with Crippen LogP contribution >= 0.6 is 11.6 Å². The van der Waals surface area contributed by atoms with Crippen LogP contribution in [0.4, 0.5) is 17.2 Å². The second-order valence-electron chi connectivity index (χ2n) is 3.69. The number of nitrogens with one attached hydrogen (secondary N) is 1. The van der Waals surface area contributed by atoms with Gasteiger partial charge in [0.2, 0.25) is 0 Å². The molecule has 0 saturated heterocycles. The zero-order valence-electron chi connectivity index (χ0n) is 9.69. The second kappa shape index (κ2) is 4.93. The Bertz CT molecular complexity index is 862. The molecule has 2 aromatic rings. The van der Waals surface area contributed by atoms with Gasteiger partial charge in [-0.3, -0.25) is 4.72 Å². The van der Waals surface area contributed by atoms with Gasteiger partial charge in [-0.15, -0.1) is 0 Å². The van der Waals surface area contributed by atoms with Gasteiger partial charge in [0.1, 0.15) is 16.3 Å². The van der Waals surface area contributed by atoms with E-state index in [9.17, 15) is 8.42 Å². The average Bonchev–Trinajstić information content (AvgIpc) is 2.89. The lowest BCUT2D eigenvalue weighted by molar-refractivity contribution is 0.601. The zero-order chi connectivity index (χ0) is 14.2. The molecule has 0 saturated carbocycles. The van der Waals surface area contributed by atoms with E-state index in [1.807, 2.05) is 0 Å². The van der Waals surface area contributed by atoms with Crippen LogP contribution in [-0.2, 0) is 21.4 Å². The third-order valence-corrected chi connectivity index (χ3v) is 4.61. The number of nitrogens with zero attached hydrogens (tertiary/aromatic N) is 4. The predicted octanol–water partition coefficient (Wildman–Crippen LogP) is 2.66. The summed E-state index contributed by atoms with van der Waals surface area (Å²) in [5, 5.41) is -0.0281. The van der Waals surface area contributed by atoms with E-state index in [1.54, 1.807) is 12.1 Å². The first-order valence-electron chi connectivity index (χ1n) is 5.28. The molecule has 2 heterocycles. The highest BCUT2D eigenvalue weighted by molar-refractivity contribution is 7.93. The van der Waals surface area contributed by atoms with Crippen molar-refractivity contribution in [3.63, 3.8) is 0 Å². The fourth-order valence-corrected chi connectivity index (χ4v) is 3.56. The molecule has 0 bridgehead atoms. The van der Waals surface area contributed by atoms with Crippen molar-refractivity contribution < 1.29 is 8.42 Å². The maximum Gasteiger partial charge on any atom is 0.265 e. The highest BCUT2D eigenvalue weighted by atomic mass is 35.5. The third kappa shape index (κ3) is 2.30. The van der Waals surface area contributed by atoms with E-state index in [1.165, 1.54) is 18.5 Å². The highest BCUT2D eigenvalue weighted by Crippen LogP contribution is 2.38. The monoisotopic (exact) mass is 327 g/mol. The van der Waals surface area contributed by atoms with E-state index < -0.39 is 10.0 Å². The summed E-state index contributed by atoms with van der Waals surface area (Å²) in [6.07, 6.45) is 2.71. The summed E-state index contributed by atoms with van der Waals surface area (Å²) < 4.78 is 35.0. The molecule has 1 aromatic heterocycles. The number of rotatable bonds is 3. The molecule has 1 aliphatic heterocycles. The Morgan fingerprint density at radius 3 is 2.75 bits per heavy atom. The average molecular weight is 328 g/mol. The van der Waals surface area contributed by atoms with Gasteiger partial charge in [0.05, 0.1) is 11.4 Å². The minimum absolute atomic E-state index is 0.0190. The van der Waals surface area contributed by atoms with Gasteiger partial charge in [-0.05, 0) is 12.1 Å². The van der Waals surface area contributed by atoms with Crippen molar-refractivity contribution in [2.45, 2.75) is 4.90 Å². The van der Waals surface area contributed by atoms with Gasteiger partial charge in [-0.25, -0.2) is 18.4 Å². The molecule has 102 valence electrons. The molecule has 0 radical (unpaired) electrons. The van der Waals surface area contributed by atoms with E-state index in [0.717, 1.165) is 11.4 Å². The summed E-state index contributed by atoms with van der Waals surface area (Å²) in [5.74, 6) is -0.0330. The van der Waals surface area contributed by atoms with Crippen molar-refractivity contribution in [2.75, 3.05) is 4.72 Å². The number of hydrogen-bond acceptors (Lipinski definition) is 6. The fourth-order valence-electron chi connectivity index (χ4n) is 1.57. The number of halogens is 1. The molecule has 1 aliphatic rings. The Morgan fingerprint density at radius 2 is 1.95 bits per heavy atom. The number of hydrogen-bond donors (Lipinski definition) is 1. The van der Waals surface area contributed by atoms with Crippen LogP contribution in [0.2, 0.25) is 5.15 Å². The standard InChI is InChI=1S/C10H6ClN5O2S2/c11-9-10(13-5-4-12-9)16-20(17,18)7-3-1-2-6-8(7)15-19-14-6/h1-5H,(H,13,16). The number of anilines is 1. The normalized spacial score (nSPS) is 12.8. The smallest absolute Gasteiger partial charge is 0.261 e. The summed E-state index contributed by atoms with van der Waals surface area (Å²) in [6, 6.07) is 4.72. The van der Waals surface area contributed by atoms with Crippen LogP contribution in [-0.4, -0.2) is 18.4 Å². The predicted molar refractivity (Wildman–Crippen MR) is 75.8 cm³/mol. The summed E-state index contributed by atoms with van der Waals surface area (Å²) in [5.41, 5.74) is 0.827. The lowest BCUT2D eigenvalue weighted by atomic mass is 10.3. The Balaban J connectivity index is 2.05. The van der Waals surface area contributed by atoms with Crippen molar-refractivity contribution >= 4 is 50.2 Å².